The molecule has 8 heteroatoms. The van der Waals surface area contributed by atoms with E-state index < -0.39 is 18.5 Å². The van der Waals surface area contributed by atoms with Crippen LogP contribution in [0.5, 0.6) is 0 Å². The molecule has 1 aliphatic rings. The first-order chi connectivity index (χ1) is 15.0. The Morgan fingerprint density at radius 2 is 2.06 bits per heavy atom. The highest BCUT2D eigenvalue weighted by Gasteiger charge is 2.17. The number of nitrogens with zero attached hydrogens (tertiary/aromatic N) is 2. The molecule has 0 saturated heterocycles. The number of aryl methyl sites for hydroxylation is 1. The molecule has 0 bridgehead atoms. The zero-order chi connectivity index (χ0) is 21.8. The summed E-state index contributed by atoms with van der Waals surface area (Å²) in [6, 6.07) is 7.85. The smallest absolute Gasteiger partial charge is 0.338 e. The van der Waals surface area contributed by atoms with E-state index in [0.717, 1.165) is 37.9 Å². The summed E-state index contributed by atoms with van der Waals surface area (Å²) in [5.41, 5.74) is 0.650. The Kier molecular flexibility index (Phi) is 6.16. The van der Waals surface area contributed by atoms with Gasteiger partial charge in [0.2, 0.25) is 0 Å². The number of nitrogens with one attached hydrogen (secondary N) is 1. The predicted octanol–water partition coefficient (Wildman–Crippen LogP) is 3.14. The molecule has 162 valence electrons. The van der Waals surface area contributed by atoms with Crippen LogP contribution in [0, 0.1) is 0 Å². The first kappa shape index (κ1) is 20.8. The first-order valence-corrected chi connectivity index (χ1v) is 10.6. The van der Waals surface area contributed by atoms with E-state index in [1.54, 1.807) is 35.8 Å². The minimum absolute atomic E-state index is 0.0758. The first-order valence-electron chi connectivity index (χ1n) is 10.6. The Labute approximate surface area is 179 Å². The Hall–Kier alpha value is -3.42. The van der Waals surface area contributed by atoms with Gasteiger partial charge in [-0.25, -0.2) is 9.78 Å². The van der Waals surface area contributed by atoms with Crippen molar-refractivity contribution in [2.45, 2.75) is 51.6 Å². The van der Waals surface area contributed by atoms with Gasteiger partial charge in [-0.1, -0.05) is 12.8 Å². The third-order valence-corrected chi connectivity index (χ3v) is 5.48. The fourth-order valence-corrected chi connectivity index (χ4v) is 3.83. The molecule has 1 aromatic carbocycles. The minimum Gasteiger partial charge on any atom is -0.467 e. The number of ether oxygens (including phenoxy) is 1. The van der Waals surface area contributed by atoms with Crippen LogP contribution in [0.3, 0.4) is 0 Å². The lowest BCUT2D eigenvalue weighted by atomic mass is 10.1. The van der Waals surface area contributed by atoms with Gasteiger partial charge in [0.25, 0.3) is 11.5 Å². The minimum atomic E-state index is -0.642. The highest BCUT2D eigenvalue weighted by atomic mass is 16.5. The molecule has 1 aliphatic heterocycles. The molecule has 0 fully saturated rings. The number of aromatic nitrogens is 2. The number of hydrogen-bond donors (Lipinski definition) is 1. The van der Waals surface area contributed by atoms with Gasteiger partial charge >= 0.3 is 5.97 Å². The number of carbonyl (C=O) groups is 2. The van der Waals surface area contributed by atoms with E-state index in [1.165, 1.54) is 12.3 Å². The fourth-order valence-electron chi connectivity index (χ4n) is 3.83. The Balaban J connectivity index is 1.46. The van der Waals surface area contributed by atoms with E-state index in [-0.39, 0.29) is 17.2 Å². The molecule has 4 rings (SSSR count). The molecule has 0 saturated carbocycles. The number of esters is 1. The lowest BCUT2D eigenvalue weighted by Crippen LogP contribution is -2.31. The molecule has 3 aromatic rings. The lowest BCUT2D eigenvalue weighted by Gasteiger charge is -2.16. The monoisotopic (exact) mass is 423 g/mol. The van der Waals surface area contributed by atoms with Crippen molar-refractivity contribution in [3.05, 3.63) is 64.1 Å². The van der Waals surface area contributed by atoms with E-state index in [1.807, 2.05) is 0 Å². The number of fused-ring (bicyclic) bond motifs is 2. The van der Waals surface area contributed by atoms with E-state index in [9.17, 15) is 14.4 Å². The van der Waals surface area contributed by atoms with Crippen molar-refractivity contribution in [3.8, 4) is 0 Å². The van der Waals surface area contributed by atoms with Crippen LogP contribution in [0.15, 0.2) is 45.8 Å². The summed E-state index contributed by atoms with van der Waals surface area (Å²) in [7, 11) is 0. The number of carbonyl (C=O) groups excluding carboxylic acids is 2. The molecule has 31 heavy (non-hydrogen) atoms. The molecule has 8 nitrogen and oxygen atoms in total. The lowest BCUT2D eigenvalue weighted by molar-refractivity contribution is -0.125. The van der Waals surface area contributed by atoms with Crippen LogP contribution in [-0.4, -0.2) is 28.0 Å². The van der Waals surface area contributed by atoms with Crippen molar-refractivity contribution < 1.29 is 18.7 Å². The van der Waals surface area contributed by atoms with Crippen molar-refractivity contribution in [1.82, 2.24) is 14.9 Å². The summed E-state index contributed by atoms with van der Waals surface area (Å²) in [6.07, 6.45) is 6.46. The summed E-state index contributed by atoms with van der Waals surface area (Å²) in [5, 5.41) is 3.18. The molecule has 1 N–H and O–H groups in total. The van der Waals surface area contributed by atoms with Gasteiger partial charge in [-0.3, -0.25) is 14.2 Å². The van der Waals surface area contributed by atoms with E-state index >= 15 is 0 Å². The van der Waals surface area contributed by atoms with Gasteiger partial charge in [-0.15, -0.1) is 0 Å². The van der Waals surface area contributed by atoms with Gasteiger partial charge < -0.3 is 14.5 Å². The normalized spacial score (nSPS) is 14.9. The Morgan fingerprint density at radius 1 is 1.23 bits per heavy atom. The maximum atomic E-state index is 12.9. The average Bonchev–Trinajstić information content (AvgIpc) is 3.28. The zero-order valence-corrected chi connectivity index (χ0v) is 17.4. The number of amides is 1. The van der Waals surface area contributed by atoms with Crippen LogP contribution in [0.1, 0.15) is 60.6 Å². The predicted molar refractivity (Wildman–Crippen MR) is 114 cm³/mol. The van der Waals surface area contributed by atoms with Gasteiger partial charge in [-0.05, 0) is 50.1 Å². The fraction of sp³-hybridized carbons (Fsp3) is 0.391. The van der Waals surface area contributed by atoms with E-state index in [4.69, 9.17) is 9.15 Å². The van der Waals surface area contributed by atoms with Crippen LogP contribution in [0.4, 0.5) is 0 Å². The Morgan fingerprint density at radius 3 is 2.87 bits per heavy atom. The molecule has 1 amide bonds. The second kappa shape index (κ2) is 9.16. The maximum Gasteiger partial charge on any atom is 0.338 e. The van der Waals surface area contributed by atoms with Crippen molar-refractivity contribution in [2.24, 2.45) is 0 Å². The van der Waals surface area contributed by atoms with Crippen LogP contribution in [-0.2, 0) is 22.5 Å². The molecule has 0 unspecified atom stereocenters. The summed E-state index contributed by atoms with van der Waals surface area (Å²) in [6.45, 7) is 2.03. The molecule has 0 radical (unpaired) electrons. The molecule has 0 aliphatic carbocycles. The van der Waals surface area contributed by atoms with Crippen molar-refractivity contribution in [1.29, 1.82) is 0 Å². The average molecular weight is 423 g/mol. The molecule has 0 spiro atoms. The van der Waals surface area contributed by atoms with Crippen LogP contribution in [0.2, 0.25) is 0 Å². The Bertz CT molecular complexity index is 1150. The van der Waals surface area contributed by atoms with Gasteiger partial charge in [0.05, 0.1) is 28.8 Å². The van der Waals surface area contributed by atoms with Crippen molar-refractivity contribution >= 4 is 22.8 Å². The highest BCUT2D eigenvalue weighted by molar-refractivity contribution is 5.95. The van der Waals surface area contributed by atoms with Gasteiger partial charge in [0.15, 0.2) is 6.61 Å². The third-order valence-electron chi connectivity index (χ3n) is 5.48. The molecule has 2 aromatic heterocycles. The van der Waals surface area contributed by atoms with Crippen molar-refractivity contribution in [2.75, 3.05) is 6.61 Å². The molecular weight excluding hydrogens is 398 g/mol. The largest absolute Gasteiger partial charge is 0.467 e. The molecular formula is C23H25N3O5. The second-order valence-electron chi connectivity index (χ2n) is 7.76. The summed E-state index contributed by atoms with van der Waals surface area (Å²) in [5.74, 6) is 0.294. The summed E-state index contributed by atoms with van der Waals surface area (Å²) >= 11 is 0. The number of hydrogen-bond acceptors (Lipinski definition) is 6. The second-order valence-corrected chi connectivity index (χ2v) is 7.76. The summed E-state index contributed by atoms with van der Waals surface area (Å²) in [4.78, 5) is 42.1. The van der Waals surface area contributed by atoms with Crippen LogP contribution >= 0.6 is 0 Å². The van der Waals surface area contributed by atoms with Gasteiger partial charge in [0.1, 0.15) is 11.6 Å². The maximum absolute atomic E-state index is 12.9. The van der Waals surface area contributed by atoms with E-state index in [2.05, 4.69) is 10.3 Å². The van der Waals surface area contributed by atoms with Crippen molar-refractivity contribution in [3.63, 3.8) is 0 Å². The van der Waals surface area contributed by atoms with Gasteiger partial charge in [0, 0.05) is 13.0 Å². The molecule has 1 atom stereocenters. The SMILES string of the molecule is C[C@@H](NC(=O)COC(=O)c1ccc2c(=O)n3c(nc2c1)CCCCCC3)c1ccco1. The molecule has 3 heterocycles. The quantitative estimate of drug-likeness (QED) is 0.633. The van der Waals surface area contributed by atoms with Crippen LogP contribution < -0.4 is 10.9 Å². The number of benzene rings is 1. The number of rotatable bonds is 5. The standard InChI is InChI=1S/C23H25N3O5/c1-15(19-7-6-12-30-19)24-21(27)14-31-23(29)16-9-10-17-18(13-16)25-20-8-4-2-3-5-11-26(20)22(17)28/h6-7,9-10,12-13,15H,2-5,8,11,14H2,1H3,(H,24,27)/t15-/m1/s1. The third kappa shape index (κ3) is 4.68. The highest BCUT2D eigenvalue weighted by Crippen LogP contribution is 2.17. The van der Waals surface area contributed by atoms with Gasteiger partial charge in [-0.2, -0.15) is 0 Å². The number of furan rings is 1. The zero-order valence-electron chi connectivity index (χ0n) is 17.4. The topological polar surface area (TPSA) is 103 Å². The van der Waals surface area contributed by atoms with E-state index in [0.29, 0.717) is 23.2 Å². The van der Waals surface area contributed by atoms with Crippen LogP contribution in [0.25, 0.3) is 10.9 Å². The summed E-state index contributed by atoms with van der Waals surface area (Å²) < 4.78 is 12.1.